The largest absolute Gasteiger partial charge is 0.497 e. The molecule has 0 unspecified atom stereocenters. The monoisotopic (exact) mass is 449 g/mol. The second kappa shape index (κ2) is 8.21. The summed E-state index contributed by atoms with van der Waals surface area (Å²) in [6.07, 6.45) is 5.86. The summed E-state index contributed by atoms with van der Waals surface area (Å²) in [6.45, 7) is 0. The maximum atomic E-state index is 11.7. The lowest BCUT2D eigenvalue weighted by atomic mass is 9.78. The van der Waals surface area contributed by atoms with Crippen molar-refractivity contribution in [3.8, 4) is 33.8 Å². The molecule has 1 fully saturated rings. The molecule has 0 spiro atoms. The normalized spacial score (nSPS) is 14.7. The molecular formula is C30H27NO3. The molecule has 0 aliphatic heterocycles. The van der Waals surface area contributed by atoms with Crippen molar-refractivity contribution in [2.24, 2.45) is 0 Å². The van der Waals surface area contributed by atoms with Gasteiger partial charge in [0, 0.05) is 22.5 Å². The van der Waals surface area contributed by atoms with Gasteiger partial charge in [-0.3, -0.25) is 0 Å². The van der Waals surface area contributed by atoms with Crippen molar-refractivity contribution in [1.29, 1.82) is 0 Å². The van der Waals surface area contributed by atoms with Crippen LogP contribution in [-0.4, -0.2) is 22.8 Å². The molecule has 170 valence electrons. The van der Waals surface area contributed by atoms with Gasteiger partial charge < -0.3 is 14.4 Å². The number of aromatic nitrogens is 1. The smallest absolute Gasteiger partial charge is 0.335 e. The van der Waals surface area contributed by atoms with Crippen molar-refractivity contribution in [3.05, 3.63) is 95.2 Å². The minimum absolute atomic E-state index is 0.290. The zero-order chi connectivity index (χ0) is 23.2. The maximum absolute atomic E-state index is 11.7. The SMILES string of the molecule is COc1cccc(-c2cc3c(n2-c2cccc(C(=O)O)c2)CCc2cc(C4CCC4)ccc2-3)c1. The first-order chi connectivity index (χ1) is 16.6. The number of benzene rings is 3. The zero-order valence-electron chi connectivity index (χ0n) is 19.3. The van der Waals surface area contributed by atoms with Gasteiger partial charge in [0.1, 0.15) is 5.75 Å². The fourth-order valence-corrected chi connectivity index (χ4v) is 5.43. The van der Waals surface area contributed by atoms with Gasteiger partial charge in [-0.15, -0.1) is 0 Å². The van der Waals surface area contributed by atoms with Crippen molar-refractivity contribution >= 4 is 5.97 Å². The Kier molecular flexibility index (Phi) is 5.02. The molecule has 0 saturated heterocycles. The molecule has 4 heteroatoms. The fraction of sp³-hybridized carbons (Fsp3) is 0.233. The van der Waals surface area contributed by atoms with Gasteiger partial charge in [0.15, 0.2) is 0 Å². The average molecular weight is 450 g/mol. The van der Waals surface area contributed by atoms with Crippen molar-refractivity contribution in [3.63, 3.8) is 0 Å². The van der Waals surface area contributed by atoms with Crippen LogP contribution in [0.1, 0.15) is 52.4 Å². The van der Waals surface area contributed by atoms with Crippen molar-refractivity contribution in [1.82, 2.24) is 4.57 Å². The first-order valence-corrected chi connectivity index (χ1v) is 12.0. The van der Waals surface area contributed by atoms with Crippen LogP contribution >= 0.6 is 0 Å². The molecule has 0 amide bonds. The number of aromatic carboxylic acids is 1. The summed E-state index contributed by atoms with van der Waals surface area (Å²) in [6, 6.07) is 24.6. The molecule has 34 heavy (non-hydrogen) atoms. The summed E-state index contributed by atoms with van der Waals surface area (Å²) in [7, 11) is 1.68. The lowest BCUT2D eigenvalue weighted by Crippen LogP contribution is -2.12. The number of fused-ring (bicyclic) bond motifs is 3. The molecule has 6 rings (SSSR count). The first-order valence-electron chi connectivity index (χ1n) is 12.0. The van der Waals surface area contributed by atoms with Crippen LogP contribution in [0.25, 0.3) is 28.1 Å². The van der Waals surface area contributed by atoms with Gasteiger partial charge in [0.2, 0.25) is 0 Å². The Hall–Kier alpha value is -3.79. The predicted molar refractivity (Wildman–Crippen MR) is 134 cm³/mol. The minimum Gasteiger partial charge on any atom is -0.497 e. The highest BCUT2D eigenvalue weighted by Gasteiger charge is 2.26. The van der Waals surface area contributed by atoms with Crippen LogP contribution in [0.5, 0.6) is 5.75 Å². The summed E-state index contributed by atoms with van der Waals surface area (Å²) in [5.41, 5.74) is 9.90. The minimum atomic E-state index is -0.917. The van der Waals surface area contributed by atoms with E-state index in [4.69, 9.17) is 4.74 Å². The molecular weight excluding hydrogens is 422 g/mol. The lowest BCUT2D eigenvalue weighted by molar-refractivity contribution is 0.0697. The van der Waals surface area contributed by atoms with Crippen LogP contribution < -0.4 is 4.74 Å². The number of methoxy groups -OCH3 is 1. The van der Waals surface area contributed by atoms with Gasteiger partial charge >= 0.3 is 5.97 Å². The number of carbonyl (C=O) groups is 1. The third-order valence-corrected chi connectivity index (χ3v) is 7.45. The van der Waals surface area contributed by atoms with Crippen molar-refractivity contribution in [2.75, 3.05) is 7.11 Å². The van der Waals surface area contributed by atoms with E-state index < -0.39 is 5.97 Å². The third kappa shape index (κ3) is 3.41. The molecule has 1 saturated carbocycles. The maximum Gasteiger partial charge on any atom is 0.335 e. The molecule has 2 aliphatic rings. The highest BCUT2D eigenvalue weighted by atomic mass is 16.5. The van der Waals surface area contributed by atoms with Crippen LogP contribution in [0.3, 0.4) is 0 Å². The van der Waals surface area contributed by atoms with Crippen LogP contribution in [0.4, 0.5) is 0 Å². The molecule has 1 aromatic heterocycles. The van der Waals surface area contributed by atoms with Crippen LogP contribution in [-0.2, 0) is 12.8 Å². The Morgan fingerprint density at radius 2 is 1.79 bits per heavy atom. The number of aryl methyl sites for hydroxylation is 1. The van der Waals surface area contributed by atoms with Gasteiger partial charge in [-0.25, -0.2) is 4.79 Å². The van der Waals surface area contributed by atoms with E-state index in [0.717, 1.165) is 41.5 Å². The van der Waals surface area contributed by atoms with E-state index in [1.165, 1.54) is 47.2 Å². The van der Waals surface area contributed by atoms with E-state index in [0.29, 0.717) is 0 Å². The number of rotatable bonds is 5. The van der Waals surface area contributed by atoms with E-state index in [1.807, 2.05) is 30.3 Å². The van der Waals surface area contributed by atoms with E-state index in [1.54, 1.807) is 19.2 Å². The van der Waals surface area contributed by atoms with Crippen LogP contribution in [0.15, 0.2) is 72.8 Å². The molecule has 1 heterocycles. The topological polar surface area (TPSA) is 51.5 Å². The summed E-state index contributed by atoms with van der Waals surface area (Å²) in [5, 5.41) is 9.60. The number of hydrogen-bond donors (Lipinski definition) is 1. The van der Waals surface area contributed by atoms with Gasteiger partial charge in [0.25, 0.3) is 0 Å². The van der Waals surface area contributed by atoms with Gasteiger partial charge in [-0.1, -0.05) is 42.8 Å². The number of hydrogen-bond acceptors (Lipinski definition) is 2. The Labute approximate surface area is 199 Å². The Balaban J connectivity index is 1.55. The highest BCUT2D eigenvalue weighted by Crippen LogP contribution is 2.43. The van der Waals surface area contributed by atoms with Gasteiger partial charge in [-0.2, -0.15) is 0 Å². The number of ether oxygens (including phenoxy) is 1. The number of carboxylic acids is 1. The molecule has 0 bridgehead atoms. The van der Waals surface area contributed by atoms with Gasteiger partial charge in [-0.05, 0) is 84.7 Å². The predicted octanol–water partition coefficient (Wildman–Crippen LogP) is 6.88. The lowest BCUT2D eigenvalue weighted by Gasteiger charge is -2.28. The van der Waals surface area contributed by atoms with E-state index in [2.05, 4.69) is 34.9 Å². The molecule has 0 radical (unpaired) electrons. The summed E-state index contributed by atoms with van der Waals surface area (Å²) >= 11 is 0. The second-order valence-corrected chi connectivity index (χ2v) is 9.36. The van der Waals surface area contributed by atoms with Crippen LogP contribution in [0, 0.1) is 0 Å². The average Bonchev–Trinajstić information content (AvgIpc) is 3.23. The summed E-state index contributed by atoms with van der Waals surface area (Å²) in [5.74, 6) is 0.607. The first kappa shape index (κ1) is 20.8. The second-order valence-electron chi connectivity index (χ2n) is 9.36. The standard InChI is InChI=1S/C30H27NO3/c1-34-25-10-4-7-22(17-25)29-18-27-26-13-11-20(19-5-2-6-19)15-21(26)12-14-28(27)31(29)24-9-3-8-23(16-24)30(32)33/h3-4,7-11,13,15-19H,2,5-6,12,14H2,1H3,(H,32,33). The Morgan fingerprint density at radius 1 is 0.941 bits per heavy atom. The molecule has 2 aliphatic carbocycles. The van der Waals surface area contributed by atoms with Crippen molar-refractivity contribution in [2.45, 2.75) is 38.0 Å². The fourth-order valence-electron chi connectivity index (χ4n) is 5.43. The number of nitrogens with zero attached hydrogens (tertiary/aromatic N) is 1. The summed E-state index contributed by atoms with van der Waals surface area (Å²) < 4.78 is 7.73. The zero-order valence-corrected chi connectivity index (χ0v) is 19.3. The third-order valence-electron chi connectivity index (χ3n) is 7.45. The van der Waals surface area contributed by atoms with E-state index >= 15 is 0 Å². The quantitative estimate of drug-likeness (QED) is 0.361. The van der Waals surface area contributed by atoms with E-state index in [-0.39, 0.29) is 5.56 Å². The number of carboxylic acid groups (broad SMARTS) is 1. The molecule has 4 aromatic rings. The molecule has 1 N–H and O–H groups in total. The van der Waals surface area contributed by atoms with Crippen LogP contribution in [0.2, 0.25) is 0 Å². The Bertz CT molecular complexity index is 1410. The Morgan fingerprint density at radius 3 is 2.56 bits per heavy atom. The highest BCUT2D eigenvalue weighted by molar-refractivity contribution is 5.89. The summed E-state index contributed by atoms with van der Waals surface area (Å²) in [4.78, 5) is 11.7. The van der Waals surface area contributed by atoms with E-state index in [9.17, 15) is 9.90 Å². The van der Waals surface area contributed by atoms with Crippen molar-refractivity contribution < 1.29 is 14.6 Å². The molecule has 0 atom stereocenters. The molecule has 4 nitrogen and oxygen atoms in total. The van der Waals surface area contributed by atoms with Gasteiger partial charge in [0.05, 0.1) is 18.4 Å². The molecule has 3 aromatic carbocycles.